The number of aliphatic hydroxyl groups excluding tert-OH is 1. The molecule has 1 N–H and O–H groups in total. The first-order valence-electron chi connectivity index (χ1n) is 5.96. The molecule has 3 nitrogen and oxygen atoms in total. The summed E-state index contributed by atoms with van der Waals surface area (Å²) < 4.78 is 0. The van der Waals surface area contributed by atoms with Gasteiger partial charge in [-0.25, -0.2) is 0 Å². The van der Waals surface area contributed by atoms with Crippen molar-refractivity contribution in [3.63, 3.8) is 0 Å². The molecule has 15 heavy (non-hydrogen) atoms. The van der Waals surface area contributed by atoms with Crippen LogP contribution in [0.1, 0.15) is 39.5 Å². The third kappa shape index (κ3) is 3.92. The van der Waals surface area contributed by atoms with Gasteiger partial charge < -0.3 is 9.90 Å². The molecule has 0 amide bonds. The lowest BCUT2D eigenvalue weighted by Crippen LogP contribution is -2.40. The Morgan fingerprint density at radius 1 is 1.53 bits per heavy atom. The van der Waals surface area contributed by atoms with Crippen molar-refractivity contribution < 1.29 is 9.90 Å². The van der Waals surface area contributed by atoms with E-state index in [2.05, 4.69) is 11.8 Å². The minimum Gasteiger partial charge on any atom is -0.395 e. The highest BCUT2D eigenvalue weighted by Gasteiger charge is 2.34. The van der Waals surface area contributed by atoms with Gasteiger partial charge in [-0.1, -0.05) is 20.3 Å². The van der Waals surface area contributed by atoms with Crippen molar-refractivity contribution in [2.24, 2.45) is 5.41 Å². The molecule has 88 valence electrons. The molecule has 0 aromatic carbocycles. The Morgan fingerprint density at radius 3 is 2.60 bits per heavy atom. The standard InChI is InChI=1S/C12H23NO2/c1-3-6-12(2,10-15)9-13(7-8-14)11-4-5-11/h10-11,14H,3-9H2,1-2H3. The molecule has 0 saturated heterocycles. The molecule has 1 unspecified atom stereocenters. The predicted octanol–water partition coefficient (Wildman–Crippen LogP) is 1.45. The van der Waals surface area contributed by atoms with Gasteiger partial charge in [0, 0.05) is 24.5 Å². The van der Waals surface area contributed by atoms with E-state index in [1.807, 2.05) is 6.92 Å². The Bertz CT molecular complexity index is 204. The van der Waals surface area contributed by atoms with Crippen molar-refractivity contribution in [3.8, 4) is 0 Å². The summed E-state index contributed by atoms with van der Waals surface area (Å²) in [4.78, 5) is 13.4. The Balaban J connectivity index is 2.49. The van der Waals surface area contributed by atoms with Crippen LogP contribution in [0.2, 0.25) is 0 Å². The maximum absolute atomic E-state index is 11.1. The summed E-state index contributed by atoms with van der Waals surface area (Å²) in [5.41, 5.74) is -0.230. The molecule has 0 heterocycles. The molecule has 0 aromatic rings. The van der Waals surface area contributed by atoms with Gasteiger partial charge in [-0.05, 0) is 19.3 Å². The molecule has 1 atom stereocenters. The van der Waals surface area contributed by atoms with E-state index in [1.54, 1.807) is 0 Å². The van der Waals surface area contributed by atoms with Crippen molar-refractivity contribution in [3.05, 3.63) is 0 Å². The zero-order valence-corrected chi connectivity index (χ0v) is 9.91. The molecule has 0 aliphatic heterocycles. The van der Waals surface area contributed by atoms with Gasteiger partial charge >= 0.3 is 0 Å². The van der Waals surface area contributed by atoms with E-state index in [0.29, 0.717) is 12.6 Å². The smallest absolute Gasteiger partial charge is 0.127 e. The third-order valence-electron chi connectivity index (χ3n) is 3.12. The SMILES string of the molecule is CCCC(C)(C=O)CN(CCO)C1CC1. The molecule has 0 spiro atoms. The lowest BCUT2D eigenvalue weighted by molar-refractivity contribution is -0.117. The van der Waals surface area contributed by atoms with Crippen LogP contribution < -0.4 is 0 Å². The highest BCUT2D eigenvalue weighted by Crippen LogP contribution is 2.31. The van der Waals surface area contributed by atoms with E-state index in [1.165, 1.54) is 12.8 Å². The van der Waals surface area contributed by atoms with E-state index < -0.39 is 0 Å². The Kier molecular flexibility index (Phi) is 4.74. The molecule has 1 rings (SSSR count). The zero-order valence-electron chi connectivity index (χ0n) is 9.91. The first-order chi connectivity index (χ1) is 7.15. The van der Waals surface area contributed by atoms with E-state index in [-0.39, 0.29) is 12.0 Å². The van der Waals surface area contributed by atoms with E-state index in [0.717, 1.165) is 25.7 Å². The number of carbonyl (C=O) groups excluding carboxylic acids is 1. The van der Waals surface area contributed by atoms with Crippen molar-refractivity contribution in [1.29, 1.82) is 0 Å². The van der Waals surface area contributed by atoms with Crippen molar-refractivity contribution in [2.45, 2.75) is 45.6 Å². The van der Waals surface area contributed by atoms with Crippen molar-refractivity contribution in [2.75, 3.05) is 19.7 Å². The lowest BCUT2D eigenvalue weighted by Gasteiger charge is -2.31. The Morgan fingerprint density at radius 2 is 2.20 bits per heavy atom. The number of aldehydes is 1. The van der Waals surface area contributed by atoms with Gasteiger partial charge in [0.25, 0.3) is 0 Å². The highest BCUT2D eigenvalue weighted by molar-refractivity contribution is 5.59. The van der Waals surface area contributed by atoms with Gasteiger partial charge in [-0.3, -0.25) is 4.90 Å². The second-order valence-electron chi connectivity index (χ2n) is 4.95. The van der Waals surface area contributed by atoms with Gasteiger partial charge in [0.05, 0.1) is 6.61 Å². The summed E-state index contributed by atoms with van der Waals surface area (Å²) in [5.74, 6) is 0. The van der Waals surface area contributed by atoms with Gasteiger partial charge in [-0.15, -0.1) is 0 Å². The van der Waals surface area contributed by atoms with Gasteiger partial charge in [0.1, 0.15) is 6.29 Å². The molecule has 3 heteroatoms. The van der Waals surface area contributed by atoms with Gasteiger partial charge in [-0.2, -0.15) is 0 Å². The summed E-state index contributed by atoms with van der Waals surface area (Å²) >= 11 is 0. The van der Waals surface area contributed by atoms with E-state index in [9.17, 15) is 4.79 Å². The van der Waals surface area contributed by atoms with Gasteiger partial charge in [0.2, 0.25) is 0 Å². The van der Waals surface area contributed by atoms with Crippen LogP contribution in [0.25, 0.3) is 0 Å². The van der Waals surface area contributed by atoms with Crippen molar-refractivity contribution >= 4 is 6.29 Å². The topological polar surface area (TPSA) is 40.5 Å². The minimum absolute atomic E-state index is 0.192. The average Bonchev–Trinajstić information content (AvgIpc) is 3.01. The summed E-state index contributed by atoms with van der Waals surface area (Å²) in [6.45, 7) is 5.83. The van der Waals surface area contributed by atoms with Crippen LogP contribution in [0.4, 0.5) is 0 Å². The molecular weight excluding hydrogens is 190 g/mol. The zero-order chi connectivity index (χ0) is 11.3. The van der Waals surface area contributed by atoms with Crippen LogP contribution in [-0.4, -0.2) is 42.0 Å². The summed E-state index contributed by atoms with van der Waals surface area (Å²) in [6.07, 6.45) is 5.50. The Hall–Kier alpha value is -0.410. The number of carbonyl (C=O) groups is 1. The lowest BCUT2D eigenvalue weighted by atomic mass is 9.86. The maximum atomic E-state index is 11.1. The first kappa shape index (κ1) is 12.7. The monoisotopic (exact) mass is 213 g/mol. The summed E-state index contributed by atoms with van der Waals surface area (Å²) in [6, 6.07) is 0.619. The maximum Gasteiger partial charge on any atom is 0.127 e. The van der Waals surface area contributed by atoms with E-state index in [4.69, 9.17) is 5.11 Å². The van der Waals surface area contributed by atoms with Crippen LogP contribution in [-0.2, 0) is 4.79 Å². The Labute approximate surface area is 92.5 Å². The van der Waals surface area contributed by atoms with Crippen LogP contribution in [0.5, 0.6) is 0 Å². The summed E-state index contributed by atoms with van der Waals surface area (Å²) in [7, 11) is 0. The molecule has 0 radical (unpaired) electrons. The molecule has 1 aliphatic rings. The molecular formula is C12H23NO2. The van der Waals surface area contributed by atoms with E-state index >= 15 is 0 Å². The normalized spacial score (nSPS) is 20.3. The molecule has 1 aliphatic carbocycles. The number of aliphatic hydroxyl groups is 1. The largest absolute Gasteiger partial charge is 0.395 e. The molecule has 1 saturated carbocycles. The van der Waals surface area contributed by atoms with Crippen LogP contribution in [0, 0.1) is 5.41 Å². The summed E-state index contributed by atoms with van der Waals surface area (Å²) in [5, 5.41) is 8.98. The number of hydrogen-bond donors (Lipinski definition) is 1. The highest BCUT2D eigenvalue weighted by atomic mass is 16.3. The van der Waals surface area contributed by atoms with Crippen molar-refractivity contribution in [1.82, 2.24) is 4.90 Å². The number of nitrogens with zero attached hydrogens (tertiary/aromatic N) is 1. The molecule has 0 bridgehead atoms. The minimum atomic E-state index is -0.230. The average molecular weight is 213 g/mol. The first-order valence-corrected chi connectivity index (χ1v) is 5.96. The van der Waals surface area contributed by atoms with Crippen LogP contribution >= 0.6 is 0 Å². The fraction of sp³-hybridized carbons (Fsp3) is 0.917. The van der Waals surface area contributed by atoms with Gasteiger partial charge in [0.15, 0.2) is 0 Å². The predicted molar refractivity (Wildman–Crippen MR) is 60.8 cm³/mol. The molecule has 0 aromatic heterocycles. The number of hydrogen-bond acceptors (Lipinski definition) is 3. The fourth-order valence-corrected chi connectivity index (χ4v) is 2.17. The fourth-order valence-electron chi connectivity index (χ4n) is 2.17. The van der Waals surface area contributed by atoms with Crippen LogP contribution in [0.3, 0.4) is 0 Å². The second kappa shape index (κ2) is 5.61. The third-order valence-corrected chi connectivity index (χ3v) is 3.12. The number of rotatable bonds is 8. The molecule has 1 fully saturated rings. The second-order valence-corrected chi connectivity index (χ2v) is 4.95. The quantitative estimate of drug-likeness (QED) is 0.620. The van der Waals surface area contributed by atoms with Crippen LogP contribution in [0.15, 0.2) is 0 Å².